The number of hydrogen-bond acceptors (Lipinski definition) is 6. The van der Waals surface area contributed by atoms with Crippen molar-refractivity contribution in [3.8, 4) is 28.7 Å². The van der Waals surface area contributed by atoms with Crippen LogP contribution in [0.1, 0.15) is 16.7 Å². The summed E-state index contributed by atoms with van der Waals surface area (Å²) in [5.74, 6) is 3.08. The summed E-state index contributed by atoms with van der Waals surface area (Å²) in [4.78, 5) is 0. The van der Waals surface area contributed by atoms with E-state index in [1.54, 1.807) is 41.6 Å². The van der Waals surface area contributed by atoms with Crippen molar-refractivity contribution in [1.29, 1.82) is 0 Å². The first kappa shape index (κ1) is 19.7. The largest absolute Gasteiger partial charge is 0.493 e. The summed E-state index contributed by atoms with van der Waals surface area (Å²) < 4.78 is 27.1. The maximum absolute atomic E-state index is 9.68. The van der Waals surface area contributed by atoms with Crippen LogP contribution in [0.5, 0.6) is 28.7 Å². The first-order valence-corrected chi connectivity index (χ1v) is 8.25. The summed E-state index contributed by atoms with van der Waals surface area (Å²) in [6.45, 7) is -0.0645. The Balaban J connectivity index is 2.37. The molecular weight excluding hydrogens is 336 g/mol. The molecule has 0 aliphatic carbocycles. The lowest BCUT2D eigenvalue weighted by atomic mass is 9.98. The van der Waals surface area contributed by atoms with Crippen molar-refractivity contribution in [3.63, 3.8) is 0 Å². The van der Waals surface area contributed by atoms with Crippen LogP contribution in [-0.2, 0) is 19.4 Å². The number of aliphatic hydroxyl groups excluding tert-OH is 1. The van der Waals surface area contributed by atoms with Crippen molar-refractivity contribution < 1.29 is 28.8 Å². The second kappa shape index (κ2) is 9.20. The van der Waals surface area contributed by atoms with Crippen molar-refractivity contribution in [3.05, 3.63) is 41.0 Å². The fourth-order valence-electron chi connectivity index (χ4n) is 3.00. The van der Waals surface area contributed by atoms with Gasteiger partial charge in [-0.1, -0.05) is 6.07 Å². The SMILES string of the molecule is COc1cc(CCc2c(CO)ccc(OC)c2OC)cc(OC)c1OC. The average Bonchev–Trinajstić information content (AvgIpc) is 2.70. The van der Waals surface area contributed by atoms with Crippen molar-refractivity contribution in [2.75, 3.05) is 35.5 Å². The molecule has 0 amide bonds. The van der Waals surface area contributed by atoms with Crippen molar-refractivity contribution in [1.82, 2.24) is 0 Å². The van der Waals surface area contributed by atoms with Crippen LogP contribution in [0.3, 0.4) is 0 Å². The molecule has 26 heavy (non-hydrogen) atoms. The third-order valence-corrected chi connectivity index (χ3v) is 4.30. The van der Waals surface area contributed by atoms with E-state index in [4.69, 9.17) is 23.7 Å². The molecule has 0 radical (unpaired) electrons. The molecule has 2 aromatic rings. The van der Waals surface area contributed by atoms with Gasteiger partial charge in [-0.25, -0.2) is 0 Å². The van der Waals surface area contributed by atoms with Crippen LogP contribution >= 0.6 is 0 Å². The lowest BCUT2D eigenvalue weighted by Crippen LogP contribution is -2.04. The Kier molecular flexibility index (Phi) is 6.97. The van der Waals surface area contributed by atoms with Gasteiger partial charge in [0.2, 0.25) is 5.75 Å². The molecule has 142 valence electrons. The maximum Gasteiger partial charge on any atom is 0.203 e. The zero-order valence-corrected chi connectivity index (χ0v) is 15.9. The first-order chi connectivity index (χ1) is 12.6. The van der Waals surface area contributed by atoms with Gasteiger partial charge in [-0.05, 0) is 42.2 Å². The van der Waals surface area contributed by atoms with Gasteiger partial charge in [-0.15, -0.1) is 0 Å². The van der Waals surface area contributed by atoms with E-state index in [0.717, 1.165) is 16.7 Å². The second-order valence-corrected chi connectivity index (χ2v) is 5.63. The summed E-state index contributed by atoms with van der Waals surface area (Å²) in [5.41, 5.74) is 2.76. The van der Waals surface area contributed by atoms with Crippen molar-refractivity contribution in [2.24, 2.45) is 0 Å². The average molecular weight is 362 g/mol. The summed E-state index contributed by atoms with van der Waals surface area (Å²) in [6, 6.07) is 7.50. The summed E-state index contributed by atoms with van der Waals surface area (Å²) in [7, 11) is 7.96. The number of hydrogen-bond donors (Lipinski definition) is 1. The zero-order chi connectivity index (χ0) is 19.1. The quantitative estimate of drug-likeness (QED) is 0.740. The van der Waals surface area contributed by atoms with E-state index in [2.05, 4.69) is 0 Å². The van der Waals surface area contributed by atoms with E-state index in [1.807, 2.05) is 18.2 Å². The van der Waals surface area contributed by atoms with E-state index < -0.39 is 0 Å². The number of aliphatic hydroxyl groups is 1. The fraction of sp³-hybridized carbons (Fsp3) is 0.400. The summed E-state index contributed by atoms with van der Waals surface area (Å²) in [6.07, 6.45) is 1.36. The first-order valence-electron chi connectivity index (χ1n) is 8.25. The van der Waals surface area contributed by atoms with E-state index in [-0.39, 0.29) is 6.61 Å². The Morgan fingerprint density at radius 3 is 1.73 bits per heavy atom. The van der Waals surface area contributed by atoms with Gasteiger partial charge in [0.1, 0.15) is 0 Å². The highest BCUT2D eigenvalue weighted by atomic mass is 16.5. The van der Waals surface area contributed by atoms with Gasteiger partial charge in [0, 0.05) is 5.56 Å². The van der Waals surface area contributed by atoms with Gasteiger partial charge in [0.25, 0.3) is 0 Å². The number of benzene rings is 2. The van der Waals surface area contributed by atoms with Crippen LogP contribution in [0.25, 0.3) is 0 Å². The molecule has 0 aromatic heterocycles. The van der Waals surface area contributed by atoms with Gasteiger partial charge in [-0.2, -0.15) is 0 Å². The summed E-state index contributed by atoms with van der Waals surface area (Å²) in [5, 5.41) is 9.68. The van der Waals surface area contributed by atoms with Crippen LogP contribution in [0.2, 0.25) is 0 Å². The Hall–Kier alpha value is -2.60. The van der Waals surface area contributed by atoms with E-state index >= 15 is 0 Å². The molecule has 0 unspecified atom stereocenters. The van der Waals surface area contributed by atoms with Crippen LogP contribution in [0.4, 0.5) is 0 Å². The van der Waals surface area contributed by atoms with Gasteiger partial charge in [-0.3, -0.25) is 0 Å². The molecule has 0 spiro atoms. The Labute approximate surface area is 154 Å². The van der Waals surface area contributed by atoms with Crippen molar-refractivity contribution in [2.45, 2.75) is 19.4 Å². The van der Waals surface area contributed by atoms with Crippen LogP contribution < -0.4 is 23.7 Å². The molecule has 0 saturated carbocycles. The smallest absolute Gasteiger partial charge is 0.203 e. The third-order valence-electron chi connectivity index (χ3n) is 4.30. The lowest BCUT2D eigenvalue weighted by molar-refractivity contribution is 0.278. The highest BCUT2D eigenvalue weighted by molar-refractivity contribution is 5.55. The van der Waals surface area contributed by atoms with Gasteiger partial charge in [0.15, 0.2) is 23.0 Å². The van der Waals surface area contributed by atoms with E-state index in [1.165, 1.54) is 0 Å². The molecule has 0 saturated heterocycles. The van der Waals surface area contributed by atoms with Crippen molar-refractivity contribution >= 4 is 0 Å². The molecule has 1 N–H and O–H groups in total. The number of aryl methyl sites for hydroxylation is 1. The topological polar surface area (TPSA) is 66.4 Å². The Bertz CT molecular complexity index is 716. The molecule has 0 aliphatic rings. The predicted molar refractivity (Wildman–Crippen MR) is 99.0 cm³/mol. The fourth-order valence-corrected chi connectivity index (χ4v) is 3.00. The number of methoxy groups -OCH3 is 5. The van der Waals surface area contributed by atoms with Crippen LogP contribution in [-0.4, -0.2) is 40.7 Å². The molecule has 6 nitrogen and oxygen atoms in total. The van der Waals surface area contributed by atoms with E-state index in [9.17, 15) is 5.11 Å². The highest BCUT2D eigenvalue weighted by Gasteiger charge is 2.17. The monoisotopic (exact) mass is 362 g/mol. The van der Waals surface area contributed by atoms with Gasteiger partial charge in [0.05, 0.1) is 42.2 Å². The Morgan fingerprint density at radius 2 is 1.27 bits per heavy atom. The lowest BCUT2D eigenvalue weighted by Gasteiger charge is -2.17. The Morgan fingerprint density at radius 1 is 0.692 bits per heavy atom. The standard InChI is InChI=1S/C20H26O6/c1-22-16-9-7-14(12-21)15(19(16)25-4)8-6-13-10-17(23-2)20(26-5)18(11-13)24-3/h7,9-11,21H,6,8,12H2,1-5H3. The zero-order valence-electron chi connectivity index (χ0n) is 15.9. The third kappa shape index (κ3) is 3.96. The minimum atomic E-state index is -0.0645. The molecule has 0 atom stereocenters. The molecule has 0 fully saturated rings. The summed E-state index contributed by atoms with van der Waals surface area (Å²) >= 11 is 0. The molecule has 0 aliphatic heterocycles. The molecule has 0 heterocycles. The molecule has 2 rings (SSSR count). The molecule has 0 bridgehead atoms. The number of rotatable bonds is 9. The highest BCUT2D eigenvalue weighted by Crippen LogP contribution is 2.39. The van der Waals surface area contributed by atoms with Gasteiger partial charge >= 0.3 is 0 Å². The van der Waals surface area contributed by atoms with Gasteiger partial charge < -0.3 is 28.8 Å². The molecule has 2 aromatic carbocycles. The maximum atomic E-state index is 9.68. The second-order valence-electron chi connectivity index (χ2n) is 5.63. The number of ether oxygens (including phenoxy) is 5. The minimum absolute atomic E-state index is 0.0645. The minimum Gasteiger partial charge on any atom is -0.493 e. The van der Waals surface area contributed by atoms with Crippen LogP contribution in [0.15, 0.2) is 24.3 Å². The van der Waals surface area contributed by atoms with Crippen LogP contribution in [0, 0.1) is 0 Å². The predicted octanol–water partition coefficient (Wildman–Crippen LogP) is 3.01. The van der Waals surface area contributed by atoms with E-state index in [0.29, 0.717) is 41.6 Å². The molecular formula is C20H26O6. The molecule has 6 heteroatoms. The normalized spacial score (nSPS) is 10.4.